The molecule has 0 fully saturated rings. The van der Waals surface area contributed by atoms with E-state index in [-0.39, 0.29) is 0 Å². The molecule has 0 spiro atoms. The van der Waals surface area contributed by atoms with Crippen LogP contribution in [0.1, 0.15) is 32.3 Å². The van der Waals surface area contributed by atoms with Crippen LogP contribution in [0.15, 0.2) is 24.8 Å². The second kappa shape index (κ2) is 3.40. The minimum Gasteiger partial charge on any atom is -0.291 e. The molecule has 0 aliphatic carbocycles. The zero-order valence-electron chi connectivity index (χ0n) is 8.81. The smallest absolute Gasteiger partial charge is 0.233 e. The SMILES string of the molecule is CC(C)C(C)c1cnc2nccn2c1. The highest BCUT2D eigenvalue weighted by atomic mass is 15.1. The van der Waals surface area contributed by atoms with Gasteiger partial charge in [0.25, 0.3) is 0 Å². The molecular weight excluding hydrogens is 174 g/mol. The number of nitrogens with zero attached hydrogens (tertiary/aromatic N) is 3. The molecule has 0 amide bonds. The minimum absolute atomic E-state index is 0.536. The summed E-state index contributed by atoms with van der Waals surface area (Å²) >= 11 is 0. The summed E-state index contributed by atoms with van der Waals surface area (Å²) in [5, 5.41) is 0. The van der Waals surface area contributed by atoms with Gasteiger partial charge < -0.3 is 0 Å². The summed E-state index contributed by atoms with van der Waals surface area (Å²) in [5.74, 6) is 1.94. The van der Waals surface area contributed by atoms with Crippen LogP contribution in [0.2, 0.25) is 0 Å². The first kappa shape index (κ1) is 9.19. The third-order valence-electron chi connectivity index (χ3n) is 2.79. The van der Waals surface area contributed by atoms with Crippen LogP contribution in [0.5, 0.6) is 0 Å². The number of imidazole rings is 1. The van der Waals surface area contributed by atoms with Crippen LogP contribution < -0.4 is 0 Å². The van der Waals surface area contributed by atoms with Gasteiger partial charge in [-0.25, -0.2) is 9.97 Å². The summed E-state index contributed by atoms with van der Waals surface area (Å²) in [6.45, 7) is 6.68. The van der Waals surface area contributed by atoms with Crippen LogP contribution in [-0.4, -0.2) is 14.4 Å². The molecular formula is C11H15N3. The van der Waals surface area contributed by atoms with Crippen LogP contribution in [0, 0.1) is 5.92 Å². The Morgan fingerprint density at radius 2 is 2.00 bits per heavy atom. The summed E-state index contributed by atoms with van der Waals surface area (Å²) in [6, 6.07) is 0. The Morgan fingerprint density at radius 1 is 1.21 bits per heavy atom. The molecule has 0 aliphatic rings. The Morgan fingerprint density at radius 3 is 2.71 bits per heavy atom. The lowest BCUT2D eigenvalue weighted by Crippen LogP contribution is -2.04. The highest BCUT2D eigenvalue weighted by Crippen LogP contribution is 2.22. The van der Waals surface area contributed by atoms with Gasteiger partial charge in [-0.2, -0.15) is 0 Å². The third-order valence-corrected chi connectivity index (χ3v) is 2.79. The molecule has 3 nitrogen and oxygen atoms in total. The van der Waals surface area contributed by atoms with Gasteiger partial charge in [0.1, 0.15) is 0 Å². The summed E-state index contributed by atoms with van der Waals surface area (Å²) in [7, 11) is 0. The van der Waals surface area contributed by atoms with Crippen LogP contribution in [0.25, 0.3) is 5.78 Å². The fourth-order valence-corrected chi connectivity index (χ4v) is 1.45. The van der Waals surface area contributed by atoms with Crippen molar-refractivity contribution in [3.63, 3.8) is 0 Å². The van der Waals surface area contributed by atoms with Crippen LogP contribution >= 0.6 is 0 Å². The van der Waals surface area contributed by atoms with E-state index in [0.717, 1.165) is 5.78 Å². The zero-order valence-corrected chi connectivity index (χ0v) is 8.81. The van der Waals surface area contributed by atoms with E-state index in [2.05, 4.69) is 36.9 Å². The van der Waals surface area contributed by atoms with Crippen molar-refractivity contribution in [3.05, 3.63) is 30.4 Å². The fraction of sp³-hybridized carbons (Fsp3) is 0.455. The van der Waals surface area contributed by atoms with E-state index in [1.807, 2.05) is 16.8 Å². The maximum atomic E-state index is 4.30. The van der Waals surface area contributed by atoms with Gasteiger partial charge in [0.05, 0.1) is 0 Å². The maximum Gasteiger partial charge on any atom is 0.233 e. The van der Waals surface area contributed by atoms with Crippen LogP contribution in [-0.2, 0) is 0 Å². The molecule has 0 aromatic carbocycles. The third kappa shape index (κ3) is 1.50. The van der Waals surface area contributed by atoms with Crippen molar-refractivity contribution >= 4 is 5.78 Å². The molecule has 0 N–H and O–H groups in total. The minimum atomic E-state index is 0.536. The van der Waals surface area contributed by atoms with Gasteiger partial charge in [-0.05, 0) is 17.4 Å². The van der Waals surface area contributed by atoms with Gasteiger partial charge >= 0.3 is 0 Å². The molecule has 3 heteroatoms. The number of fused-ring (bicyclic) bond motifs is 1. The molecule has 0 saturated heterocycles. The average molecular weight is 189 g/mol. The highest BCUT2D eigenvalue weighted by molar-refractivity contribution is 5.29. The molecule has 1 unspecified atom stereocenters. The first-order chi connectivity index (χ1) is 6.68. The lowest BCUT2D eigenvalue weighted by atomic mass is 9.92. The Labute approximate surface area is 83.8 Å². The second-order valence-corrected chi connectivity index (χ2v) is 4.05. The van der Waals surface area contributed by atoms with E-state index in [9.17, 15) is 0 Å². The normalized spacial score (nSPS) is 13.7. The van der Waals surface area contributed by atoms with E-state index in [4.69, 9.17) is 0 Å². The van der Waals surface area contributed by atoms with Gasteiger partial charge in [0, 0.05) is 24.8 Å². The summed E-state index contributed by atoms with van der Waals surface area (Å²) in [6.07, 6.45) is 7.73. The monoisotopic (exact) mass is 189 g/mol. The predicted molar refractivity (Wildman–Crippen MR) is 56.2 cm³/mol. The van der Waals surface area contributed by atoms with E-state index in [1.54, 1.807) is 6.20 Å². The van der Waals surface area contributed by atoms with Crippen molar-refractivity contribution in [1.82, 2.24) is 14.4 Å². The summed E-state index contributed by atoms with van der Waals surface area (Å²) in [4.78, 5) is 8.41. The quantitative estimate of drug-likeness (QED) is 0.726. The number of rotatable bonds is 2. The number of aromatic nitrogens is 3. The molecule has 2 heterocycles. The lowest BCUT2D eigenvalue weighted by Gasteiger charge is -2.15. The van der Waals surface area contributed by atoms with E-state index >= 15 is 0 Å². The zero-order chi connectivity index (χ0) is 10.1. The second-order valence-electron chi connectivity index (χ2n) is 4.05. The highest BCUT2D eigenvalue weighted by Gasteiger charge is 2.10. The molecule has 1 atom stereocenters. The Hall–Kier alpha value is -1.38. The summed E-state index contributed by atoms with van der Waals surface area (Å²) in [5.41, 5.74) is 1.27. The Kier molecular flexibility index (Phi) is 2.23. The van der Waals surface area contributed by atoms with Gasteiger partial charge in [-0.3, -0.25) is 4.40 Å². The molecule has 74 valence electrons. The van der Waals surface area contributed by atoms with Crippen LogP contribution in [0.4, 0.5) is 0 Å². The summed E-state index contributed by atoms with van der Waals surface area (Å²) < 4.78 is 1.97. The molecule has 0 bridgehead atoms. The van der Waals surface area contributed by atoms with Gasteiger partial charge in [-0.15, -0.1) is 0 Å². The van der Waals surface area contributed by atoms with Crippen molar-refractivity contribution in [2.45, 2.75) is 26.7 Å². The predicted octanol–water partition coefficient (Wildman–Crippen LogP) is 2.49. The Bertz CT molecular complexity index is 431. The average Bonchev–Trinajstić information content (AvgIpc) is 2.62. The number of hydrogen-bond acceptors (Lipinski definition) is 2. The topological polar surface area (TPSA) is 30.2 Å². The fourth-order valence-electron chi connectivity index (χ4n) is 1.45. The molecule has 14 heavy (non-hydrogen) atoms. The molecule has 0 radical (unpaired) electrons. The van der Waals surface area contributed by atoms with E-state index in [1.165, 1.54) is 5.56 Å². The molecule has 0 saturated carbocycles. The standard InChI is InChI=1S/C11H15N3/c1-8(2)9(3)10-6-13-11-12-4-5-14(11)7-10/h4-9H,1-3H3. The maximum absolute atomic E-state index is 4.30. The first-order valence-corrected chi connectivity index (χ1v) is 4.97. The van der Waals surface area contributed by atoms with Gasteiger partial charge in [0.15, 0.2) is 0 Å². The number of hydrogen-bond donors (Lipinski definition) is 0. The Balaban J connectivity index is 2.43. The van der Waals surface area contributed by atoms with Crippen molar-refractivity contribution in [3.8, 4) is 0 Å². The van der Waals surface area contributed by atoms with E-state index < -0.39 is 0 Å². The first-order valence-electron chi connectivity index (χ1n) is 4.97. The van der Waals surface area contributed by atoms with Gasteiger partial charge in [0.2, 0.25) is 5.78 Å². The van der Waals surface area contributed by atoms with Crippen molar-refractivity contribution in [1.29, 1.82) is 0 Å². The molecule has 2 aromatic rings. The van der Waals surface area contributed by atoms with Crippen molar-refractivity contribution in [2.75, 3.05) is 0 Å². The van der Waals surface area contributed by atoms with Crippen molar-refractivity contribution < 1.29 is 0 Å². The largest absolute Gasteiger partial charge is 0.291 e. The molecule has 2 rings (SSSR count). The van der Waals surface area contributed by atoms with E-state index in [0.29, 0.717) is 11.8 Å². The molecule has 0 aliphatic heterocycles. The van der Waals surface area contributed by atoms with Crippen LogP contribution in [0.3, 0.4) is 0 Å². The molecule has 2 aromatic heterocycles. The lowest BCUT2D eigenvalue weighted by molar-refractivity contribution is 0.531. The van der Waals surface area contributed by atoms with Gasteiger partial charge in [-0.1, -0.05) is 20.8 Å². The van der Waals surface area contributed by atoms with Crippen molar-refractivity contribution in [2.24, 2.45) is 5.92 Å².